The molecule has 1 rings (SSSR count). The first-order valence-corrected chi connectivity index (χ1v) is 7.17. The van der Waals surface area contributed by atoms with Gasteiger partial charge >= 0.3 is 0 Å². The van der Waals surface area contributed by atoms with Crippen molar-refractivity contribution in [2.45, 2.75) is 39.8 Å². The van der Waals surface area contributed by atoms with E-state index in [2.05, 4.69) is 31.4 Å². The molecule has 0 fully saturated rings. The van der Waals surface area contributed by atoms with Gasteiger partial charge < -0.3 is 20.1 Å². The van der Waals surface area contributed by atoms with E-state index >= 15 is 0 Å². The Hall–Kier alpha value is -1.75. The third kappa shape index (κ3) is 6.49. The van der Waals surface area contributed by atoms with Crippen molar-refractivity contribution >= 4 is 5.91 Å². The minimum atomic E-state index is -0.141. The first-order chi connectivity index (χ1) is 9.85. The molecule has 0 atom stereocenters. The number of benzene rings is 1. The maximum absolute atomic E-state index is 11.5. The molecule has 0 aliphatic rings. The van der Waals surface area contributed by atoms with E-state index in [1.807, 2.05) is 25.1 Å². The molecule has 0 spiro atoms. The summed E-state index contributed by atoms with van der Waals surface area (Å²) in [5.74, 6) is 1.06. The number of methoxy groups -OCH3 is 1. The molecule has 0 unspecified atom stereocenters. The molecule has 5 heteroatoms. The predicted molar refractivity (Wildman–Crippen MR) is 83.8 cm³/mol. The zero-order valence-electron chi connectivity index (χ0n) is 13.6. The Morgan fingerprint density at radius 2 is 1.95 bits per heavy atom. The summed E-state index contributed by atoms with van der Waals surface area (Å²) in [7, 11) is 1.58. The van der Waals surface area contributed by atoms with Gasteiger partial charge in [-0.3, -0.25) is 4.79 Å². The minimum Gasteiger partial charge on any atom is -0.493 e. The standard InChI is InChI=1S/C16H26N2O3/c1-6-17-15(19)11-21-14-9-12(7-8-13(14)20-5)10-18-16(2,3)4/h7-9,18H,6,10-11H2,1-5H3,(H,17,19). The quantitative estimate of drug-likeness (QED) is 0.808. The van der Waals surface area contributed by atoms with E-state index in [1.54, 1.807) is 7.11 Å². The summed E-state index contributed by atoms with van der Waals surface area (Å²) in [4.78, 5) is 11.5. The summed E-state index contributed by atoms with van der Waals surface area (Å²) < 4.78 is 10.8. The molecule has 1 amide bonds. The van der Waals surface area contributed by atoms with Crippen LogP contribution in [-0.4, -0.2) is 31.7 Å². The van der Waals surface area contributed by atoms with Gasteiger partial charge in [-0.05, 0) is 45.4 Å². The molecule has 118 valence electrons. The fourth-order valence-electron chi connectivity index (χ4n) is 1.70. The van der Waals surface area contributed by atoms with Crippen LogP contribution in [0.15, 0.2) is 18.2 Å². The van der Waals surface area contributed by atoms with E-state index in [4.69, 9.17) is 9.47 Å². The van der Waals surface area contributed by atoms with Gasteiger partial charge in [0.25, 0.3) is 5.91 Å². The van der Waals surface area contributed by atoms with Gasteiger partial charge in [0.1, 0.15) is 0 Å². The van der Waals surface area contributed by atoms with Crippen molar-refractivity contribution < 1.29 is 14.3 Å². The Morgan fingerprint density at radius 1 is 1.24 bits per heavy atom. The number of hydrogen-bond acceptors (Lipinski definition) is 4. The average molecular weight is 294 g/mol. The monoisotopic (exact) mass is 294 g/mol. The van der Waals surface area contributed by atoms with Crippen molar-refractivity contribution in [3.8, 4) is 11.5 Å². The van der Waals surface area contributed by atoms with Crippen LogP contribution in [0.1, 0.15) is 33.3 Å². The number of likely N-dealkylation sites (N-methyl/N-ethyl adjacent to an activating group) is 1. The molecule has 5 nitrogen and oxygen atoms in total. The predicted octanol–water partition coefficient (Wildman–Crippen LogP) is 2.10. The second-order valence-corrected chi connectivity index (χ2v) is 5.83. The molecule has 0 heterocycles. The topological polar surface area (TPSA) is 59.6 Å². The van der Waals surface area contributed by atoms with Crippen LogP contribution >= 0.6 is 0 Å². The van der Waals surface area contributed by atoms with Gasteiger partial charge in [-0.2, -0.15) is 0 Å². The minimum absolute atomic E-state index is 0.0135. The smallest absolute Gasteiger partial charge is 0.257 e. The number of nitrogens with one attached hydrogen (secondary N) is 2. The summed E-state index contributed by atoms with van der Waals surface area (Å²) >= 11 is 0. The molecule has 1 aromatic carbocycles. The van der Waals surface area contributed by atoms with Crippen LogP contribution in [0.3, 0.4) is 0 Å². The van der Waals surface area contributed by atoms with Crippen LogP contribution in [0.25, 0.3) is 0 Å². The number of carbonyl (C=O) groups is 1. The van der Waals surface area contributed by atoms with Crippen LogP contribution in [0, 0.1) is 0 Å². The summed E-state index contributed by atoms with van der Waals surface area (Å²) in [5, 5.41) is 6.11. The molecule has 2 N–H and O–H groups in total. The number of carbonyl (C=O) groups excluding carboxylic acids is 1. The lowest BCUT2D eigenvalue weighted by Crippen LogP contribution is -2.35. The third-order valence-electron chi connectivity index (χ3n) is 2.78. The van der Waals surface area contributed by atoms with E-state index in [0.29, 0.717) is 18.0 Å². The molecule has 21 heavy (non-hydrogen) atoms. The summed E-state index contributed by atoms with van der Waals surface area (Å²) in [6.45, 7) is 9.52. The Morgan fingerprint density at radius 3 is 2.52 bits per heavy atom. The summed E-state index contributed by atoms with van der Waals surface area (Å²) in [6.07, 6.45) is 0. The van der Waals surface area contributed by atoms with E-state index in [-0.39, 0.29) is 18.1 Å². The molecule has 0 bridgehead atoms. The Balaban J connectivity index is 2.73. The molecular formula is C16H26N2O3. The van der Waals surface area contributed by atoms with Crippen molar-refractivity contribution in [2.75, 3.05) is 20.3 Å². The maximum Gasteiger partial charge on any atom is 0.257 e. The number of amides is 1. The lowest BCUT2D eigenvalue weighted by Gasteiger charge is -2.21. The van der Waals surface area contributed by atoms with Crippen molar-refractivity contribution in [1.29, 1.82) is 0 Å². The van der Waals surface area contributed by atoms with Crippen molar-refractivity contribution in [3.63, 3.8) is 0 Å². The van der Waals surface area contributed by atoms with Gasteiger partial charge in [-0.25, -0.2) is 0 Å². The van der Waals surface area contributed by atoms with Crippen LogP contribution in [0.5, 0.6) is 11.5 Å². The number of rotatable bonds is 7. The highest BCUT2D eigenvalue weighted by Crippen LogP contribution is 2.28. The van der Waals surface area contributed by atoms with Crippen LogP contribution in [0.2, 0.25) is 0 Å². The SMILES string of the molecule is CCNC(=O)COc1cc(CNC(C)(C)C)ccc1OC. The Kier molecular flexibility index (Phi) is 6.49. The number of ether oxygens (including phenoxy) is 2. The Labute approximate surface area is 127 Å². The lowest BCUT2D eigenvalue weighted by molar-refractivity contribution is -0.123. The highest BCUT2D eigenvalue weighted by atomic mass is 16.5. The molecule has 0 radical (unpaired) electrons. The third-order valence-corrected chi connectivity index (χ3v) is 2.78. The summed E-state index contributed by atoms with van der Waals surface area (Å²) in [6, 6.07) is 5.74. The highest BCUT2D eigenvalue weighted by molar-refractivity contribution is 5.77. The van der Waals surface area contributed by atoms with Gasteiger partial charge in [0, 0.05) is 18.6 Å². The zero-order valence-corrected chi connectivity index (χ0v) is 13.6. The van der Waals surface area contributed by atoms with E-state index < -0.39 is 0 Å². The van der Waals surface area contributed by atoms with Crippen LogP contribution < -0.4 is 20.1 Å². The molecule has 1 aromatic rings. The number of hydrogen-bond donors (Lipinski definition) is 2. The van der Waals surface area contributed by atoms with Crippen molar-refractivity contribution in [2.24, 2.45) is 0 Å². The summed E-state index contributed by atoms with van der Waals surface area (Å²) in [5.41, 5.74) is 1.12. The second-order valence-electron chi connectivity index (χ2n) is 5.83. The maximum atomic E-state index is 11.5. The van der Waals surface area contributed by atoms with Crippen molar-refractivity contribution in [3.05, 3.63) is 23.8 Å². The van der Waals surface area contributed by atoms with Gasteiger partial charge in [-0.15, -0.1) is 0 Å². The van der Waals surface area contributed by atoms with Crippen LogP contribution in [0.4, 0.5) is 0 Å². The molecule has 0 aliphatic heterocycles. The lowest BCUT2D eigenvalue weighted by atomic mass is 10.1. The largest absolute Gasteiger partial charge is 0.493 e. The molecule has 0 aliphatic carbocycles. The fourth-order valence-corrected chi connectivity index (χ4v) is 1.70. The first-order valence-electron chi connectivity index (χ1n) is 7.17. The normalized spacial score (nSPS) is 11.1. The van der Waals surface area contributed by atoms with Gasteiger partial charge in [0.2, 0.25) is 0 Å². The van der Waals surface area contributed by atoms with Gasteiger partial charge in [0.05, 0.1) is 7.11 Å². The Bertz CT molecular complexity index is 467. The first kappa shape index (κ1) is 17.3. The van der Waals surface area contributed by atoms with Gasteiger partial charge in [-0.1, -0.05) is 6.07 Å². The fraction of sp³-hybridized carbons (Fsp3) is 0.562. The van der Waals surface area contributed by atoms with Gasteiger partial charge in [0.15, 0.2) is 18.1 Å². The molecule has 0 saturated carbocycles. The van der Waals surface area contributed by atoms with E-state index in [1.165, 1.54) is 0 Å². The van der Waals surface area contributed by atoms with E-state index in [0.717, 1.165) is 12.1 Å². The zero-order chi connectivity index (χ0) is 15.9. The highest BCUT2D eigenvalue weighted by Gasteiger charge is 2.11. The van der Waals surface area contributed by atoms with E-state index in [9.17, 15) is 4.79 Å². The average Bonchev–Trinajstić information content (AvgIpc) is 2.42. The van der Waals surface area contributed by atoms with Crippen molar-refractivity contribution in [1.82, 2.24) is 10.6 Å². The van der Waals surface area contributed by atoms with Crippen LogP contribution in [-0.2, 0) is 11.3 Å². The molecule has 0 aromatic heterocycles. The second kappa shape index (κ2) is 7.88. The molecular weight excluding hydrogens is 268 g/mol. The molecule has 0 saturated heterocycles.